The highest BCUT2D eigenvalue weighted by Crippen LogP contribution is 2.41. The van der Waals surface area contributed by atoms with E-state index in [9.17, 15) is 9.90 Å². The van der Waals surface area contributed by atoms with Crippen LogP contribution in [-0.2, 0) is 4.74 Å². The summed E-state index contributed by atoms with van der Waals surface area (Å²) < 4.78 is 11.4. The molecule has 7 heteroatoms. The third-order valence-electron chi connectivity index (χ3n) is 3.72. The third-order valence-corrected chi connectivity index (χ3v) is 4.28. The zero-order valence-corrected chi connectivity index (χ0v) is 13.8. The molecule has 3 N–H and O–H groups in total. The molecule has 126 valence electrons. The van der Waals surface area contributed by atoms with Crippen molar-refractivity contribution in [3.63, 3.8) is 0 Å². The molecule has 2 aromatic carbocycles. The molecule has 0 aliphatic carbocycles. The van der Waals surface area contributed by atoms with E-state index >= 15 is 0 Å². The summed E-state index contributed by atoms with van der Waals surface area (Å²) >= 11 is 0.978. The van der Waals surface area contributed by atoms with Crippen LogP contribution in [0.5, 0.6) is 11.5 Å². The highest BCUT2D eigenvalue weighted by molar-refractivity contribution is 7.97. The Labute approximate surface area is 144 Å². The Morgan fingerprint density at radius 2 is 1.92 bits per heavy atom. The Kier molecular flexibility index (Phi) is 5.24. The monoisotopic (exact) mass is 346 g/mol. The molecule has 0 amide bonds. The van der Waals surface area contributed by atoms with Crippen molar-refractivity contribution in [2.75, 3.05) is 31.2 Å². The number of hydrogen-bond donors (Lipinski definition) is 2. The smallest absolute Gasteiger partial charge is 0.335 e. The molecule has 2 aromatic rings. The third kappa shape index (κ3) is 3.64. The molecule has 1 aliphatic rings. The van der Waals surface area contributed by atoms with Gasteiger partial charge in [0.15, 0.2) is 5.75 Å². The molecule has 0 atom stereocenters. The lowest BCUT2D eigenvalue weighted by atomic mass is 10.1. The van der Waals surface area contributed by atoms with E-state index in [-0.39, 0.29) is 5.56 Å². The molecule has 0 radical (unpaired) electrons. The van der Waals surface area contributed by atoms with Crippen LogP contribution in [0.3, 0.4) is 0 Å². The molecule has 1 heterocycles. The predicted octanol–water partition coefficient (Wildman–Crippen LogP) is 2.98. The predicted molar refractivity (Wildman–Crippen MR) is 93.0 cm³/mol. The van der Waals surface area contributed by atoms with Gasteiger partial charge < -0.3 is 19.5 Å². The Morgan fingerprint density at radius 1 is 1.21 bits per heavy atom. The van der Waals surface area contributed by atoms with E-state index in [2.05, 4.69) is 4.90 Å². The van der Waals surface area contributed by atoms with Crippen molar-refractivity contribution in [1.29, 1.82) is 0 Å². The molecule has 0 aromatic heterocycles. The van der Waals surface area contributed by atoms with Crippen molar-refractivity contribution in [2.24, 2.45) is 5.14 Å². The van der Waals surface area contributed by atoms with E-state index in [0.717, 1.165) is 17.6 Å². The summed E-state index contributed by atoms with van der Waals surface area (Å²) in [6.45, 7) is 2.52. The number of carboxylic acid groups (broad SMARTS) is 1. The van der Waals surface area contributed by atoms with Gasteiger partial charge in [-0.25, -0.2) is 4.79 Å². The van der Waals surface area contributed by atoms with Gasteiger partial charge in [0, 0.05) is 13.1 Å². The number of nitrogens with two attached hydrogens (primary N) is 1. The van der Waals surface area contributed by atoms with Gasteiger partial charge >= 0.3 is 5.97 Å². The minimum Gasteiger partial charge on any atom is -0.478 e. The Balaban J connectivity index is 2.07. The van der Waals surface area contributed by atoms with Gasteiger partial charge in [0.1, 0.15) is 5.75 Å². The molecular weight excluding hydrogens is 328 g/mol. The lowest BCUT2D eigenvalue weighted by Gasteiger charge is -2.31. The van der Waals surface area contributed by atoms with E-state index in [4.69, 9.17) is 14.6 Å². The van der Waals surface area contributed by atoms with Crippen LogP contribution in [0, 0.1) is 0 Å². The maximum absolute atomic E-state index is 11.4. The van der Waals surface area contributed by atoms with Gasteiger partial charge in [0.05, 0.1) is 29.4 Å². The zero-order chi connectivity index (χ0) is 16.9. The summed E-state index contributed by atoms with van der Waals surface area (Å²) in [6.07, 6.45) is 0. The van der Waals surface area contributed by atoms with Gasteiger partial charge in [0.2, 0.25) is 0 Å². The van der Waals surface area contributed by atoms with E-state index < -0.39 is 5.97 Å². The van der Waals surface area contributed by atoms with Gasteiger partial charge in [-0.1, -0.05) is 18.2 Å². The van der Waals surface area contributed by atoms with Gasteiger partial charge in [0.25, 0.3) is 0 Å². The van der Waals surface area contributed by atoms with E-state index in [0.29, 0.717) is 42.7 Å². The summed E-state index contributed by atoms with van der Waals surface area (Å²) in [7, 11) is 0. The molecule has 1 fully saturated rings. The first-order chi connectivity index (χ1) is 11.7. The molecular formula is C17H18N2O4S. The van der Waals surface area contributed by atoms with Crippen molar-refractivity contribution in [3.8, 4) is 11.5 Å². The number of hydrogen-bond acceptors (Lipinski definition) is 6. The van der Waals surface area contributed by atoms with Crippen LogP contribution < -0.4 is 14.8 Å². The van der Waals surface area contributed by atoms with Crippen molar-refractivity contribution in [2.45, 2.75) is 4.90 Å². The second-order valence-corrected chi connectivity index (χ2v) is 5.94. The molecule has 1 aliphatic heterocycles. The largest absolute Gasteiger partial charge is 0.478 e. The van der Waals surface area contributed by atoms with E-state index in [1.54, 1.807) is 6.07 Å². The van der Waals surface area contributed by atoms with Crippen LogP contribution in [0.1, 0.15) is 10.4 Å². The Bertz CT molecular complexity index is 718. The number of carboxylic acids is 1. The Morgan fingerprint density at radius 3 is 2.54 bits per heavy atom. The van der Waals surface area contributed by atoms with Crippen LogP contribution >= 0.6 is 11.9 Å². The first kappa shape index (κ1) is 16.6. The fraction of sp³-hybridized carbons (Fsp3) is 0.235. The molecule has 0 saturated carbocycles. The van der Waals surface area contributed by atoms with E-state index in [1.165, 1.54) is 6.07 Å². The van der Waals surface area contributed by atoms with Crippen LogP contribution in [0.4, 0.5) is 5.69 Å². The average Bonchev–Trinajstić information content (AvgIpc) is 2.63. The SMILES string of the molecule is NSc1cc(C(=O)O)cc(N2CCOCC2)c1Oc1ccccc1. The first-order valence-electron chi connectivity index (χ1n) is 7.52. The molecule has 24 heavy (non-hydrogen) atoms. The number of para-hydroxylation sites is 1. The summed E-state index contributed by atoms with van der Waals surface area (Å²) in [6, 6.07) is 12.5. The molecule has 3 rings (SSSR count). The normalized spacial score (nSPS) is 14.5. The first-order valence-corrected chi connectivity index (χ1v) is 8.40. The average molecular weight is 346 g/mol. The van der Waals surface area contributed by atoms with Gasteiger partial charge in [-0.05, 0) is 36.2 Å². The lowest BCUT2D eigenvalue weighted by molar-refractivity contribution is 0.0696. The summed E-state index contributed by atoms with van der Waals surface area (Å²) in [5.74, 6) is 0.247. The summed E-state index contributed by atoms with van der Waals surface area (Å²) in [5, 5.41) is 15.1. The molecule has 6 nitrogen and oxygen atoms in total. The lowest BCUT2D eigenvalue weighted by Crippen LogP contribution is -2.36. The molecule has 0 spiro atoms. The summed E-state index contributed by atoms with van der Waals surface area (Å²) in [4.78, 5) is 14.1. The number of anilines is 1. The second-order valence-electron chi connectivity index (χ2n) is 5.26. The summed E-state index contributed by atoms with van der Waals surface area (Å²) in [5.41, 5.74) is 0.903. The number of benzene rings is 2. The fourth-order valence-corrected chi connectivity index (χ4v) is 2.99. The topological polar surface area (TPSA) is 85.0 Å². The van der Waals surface area contributed by atoms with Crippen LogP contribution in [0.25, 0.3) is 0 Å². The van der Waals surface area contributed by atoms with Gasteiger partial charge in [-0.2, -0.15) is 0 Å². The van der Waals surface area contributed by atoms with Crippen molar-refractivity contribution >= 4 is 23.6 Å². The maximum atomic E-state index is 11.4. The molecule has 0 unspecified atom stereocenters. The number of carbonyl (C=O) groups is 1. The van der Waals surface area contributed by atoms with Crippen LogP contribution in [0.15, 0.2) is 47.4 Å². The van der Waals surface area contributed by atoms with E-state index in [1.807, 2.05) is 30.3 Å². The number of rotatable bonds is 5. The van der Waals surface area contributed by atoms with Crippen LogP contribution in [-0.4, -0.2) is 37.4 Å². The minimum absolute atomic E-state index is 0.185. The van der Waals surface area contributed by atoms with Crippen molar-refractivity contribution < 1.29 is 19.4 Å². The zero-order valence-electron chi connectivity index (χ0n) is 13.0. The number of aromatic carboxylic acids is 1. The number of nitrogens with zero attached hydrogens (tertiary/aromatic N) is 1. The maximum Gasteiger partial charge on any atom is 0.335 e. The fourth-order valence-electron chi connectivity index (χ4n) is 2.55. The second kappa shape index (κ2) is 7.57. The Hall–Kier alpha value is -2.22. The standard InChI is InChI=1S/C17H18N2O4S/c18-24-15-11-12(17(20)21)10-14(19-6-8-22-9-7-19)16(15)23-13-4-2-1-3-5-13/h1-5,10-11H,6-9,18H2,(H,20,21). The highest BCUT2D eigenvalue weighted by atomic mass is 32.2. The highest BCUT2D eigenvalue weighted by Gasteiger charge is 2.22. The minimum atomic E-state index is -0.994. The molecule has 0 bridgehead atoms. The number of morpholine rings is 1. The molecule has 1 saturated heterocycles. The van der Waals surface area contributed by atoms with Gasteiger partial charge in [-0.15, -0.1) is 0 Å². The number of ether oxygens (including phenoxy) is 2. The van der Waals surface area contributed by atoms with Crippen molar-refractivity contribution in [1.82, 2.24) is 0 Å². The quantitative estimate of drug-likeness (QED) is 0.805. The van der Waals surface area contributed by atoms with Gasteiger partial charge in [-0.3, -0.25) is 5.14 Å². The van der Waals surface area contributed by atoms with Crippen LogP contribution in [0.2, 0.25) is 0 Å². The van der Waals surface area contributed by atoms with Crippen molar-refractivity contribution in [3.05, 3.63) is 48.0 Å².